The van der Waals surface area contributed by atoms with Crippen LogP contribution in [0.1, 0.15) is 19.8 Å². The van der Waals surface area contributed by atoms with Crippen LogP contribution in [0.4, 0.5) is 8.78 Å². The van der Waals surface area contributed by atoms with Crippen LogP contribution < -0.4 is 5.32 Å². The van der Waals surface area contributed by atoms with Gasteiger partial charge in [-0.1, -0.05) is 5.92 Å². The molecule has 1 N–H and O–H groups in total. The molecule has 1 saturated carbocycles. The number of hydrogen-bond acceptors (Lipinski definition) is 1. The van der Waals surface area contributed by atoms with Crippen LogP contribution in [0.2, 0.25) is 0 Å². The maximum absolute atomic E-state index is 12.2. The van der Waals surface area contributed by atoms with Crippen molar-refractivity contribution in [2.45, 2.75) is 31.7 Å². The van der Waals surface area contributed by atoms with E-state index in [1.807, 2.05) is 0 Å². The lowest BCUT2D eigenvalue weighted by Gasteiger charge is -2.13. The third-order valence-corrected chi connectivity index (χ3v) is 1.81. The van der Waals surface area contributed by atoms with E-state index in [0.717, 1.165) is 0 Å². The van der Waals surface area contributed by atoms with Crippen molar-refractivity contribution in [3.8, 4) is 11.8 Å². The Morgan fingerprint density at radius 1 is 1.58 bits per heavy atom. The van der Waals surface area contributed by atoms with Crippen LogP contribution in [0.15, 0.2) is 0 Å². The van der Waals surface area contributed by atoms with Gasteiger partial charge in [0.15, 0.2) is 0 Å². The summed E-state index contributed by atoms with van der Waals surface area (Å²) < 4.78 is 24.4. The van der Waals surface area contributed by atoms with Crippen LogP contribution in [0.3, 0.4) is 0 Å². The molecule has 0 aromatic carbocycles. The average Bonchev–Trinajstić information content (AvgIpc) is 2.69. The summed E-state index contributed by atoms with van der Waals surface area (Å²) in [5, 5.41) is 2.21. The molecule has 12 heavy (non-hydrogen) atoms. The van der Waals surface area contributed by atoms with Crippen LogP contribution in [0.5, 0.6) is 0 Å². The third-order valence-electron chi connectivity index (χ3n) is 1.81. The fourth-order valence-corrected chi connectivity index (χ4v) is 0.903. The molecule has 1 rings (SSSR count). The third kappa shape index (κ3) is 1.73. The molecule has 0 aromatic rings. The summed E-state index contributed by atoms with van der Waals surface area (Å²) >= 11 is 0. The highest BCUT2D eigenvalue weighted by atomic mass is 19.3. The molecule has 66 valence electrons. The molecular weight excluding hydrogens is 164 g/mol. The summed E-state index contributed by atoms with van der Waals surface area (Å²) in [6.45, 7) is 1.49. The Labute approximate surface area is 69.3 Å². The lowest BCUT2D eigenvalue weighted by Crippen LogP contribution is -2.41. The van der Waals surface area contributed by atoms with Crippen molar-refractivity contribution < 1.29 is 13.6 Å². The van der Waals surface area contributed by atoms with Gasteiger partial charge in [-0.05, 0) is 25.7 Å². The number of halogens is 2. The molecule has 0 aromatic heterocycles. The Hall–Kier alpha value is -1.11. The maximum Gasteiger partial charge on any atom is 0.296 e. The first-order valence-electron chi connectivity index (χ1n) is 3.64. The summed E-state index contributed by atoms with van der Waals surface area (Å²) in [4.78, 5) is 10.8. The van der Waals surface area contributed by atoms with Gasteiger partial charge in [0.25, 0.3) is 12.3 Å². The highest BCUT2D eigenvalue weighted by Crippen LogP contribution is 2.40. The van der Waals surface area contributed by atoms with Gasteiger partial charge in [-0.2, -0.15) is 0 Å². The standard InChI is InChI=1S/C8H9F2NO/c1-2-3-6(12)11-8(4-5-8)7(9)10/h7H,4-5H2,1H3,(H,11,12). The highest BCUT2D eigenvalue weighted by Gasteiger charge is 2.52. The number of carbonyl (C=O) groups is 1. The van der Waals surface area contributed by atoms with E-state index in [-0.39, 0.29) is 0 Å². The van der Waals surface area contributed by atoms with Gasteiger partial charge in [0.2, 0.25) is 0 Å². The van der Waals surface area contributed by atoms with E-state index < -0.39 is 17.9 Å². The molecule has 4 heteroatoms. The average molecular weight is 173 g/mol. The number of nitrogens with one attached hydrogen (secondary N) is 1. The maximum atomic E-state index is 12.2. The Balaban J connectivity index is 2.49. The molecule has 0 bridgehead atoms. The molecule has 0 aliphatic heterocycles. The minimum absolute atomic E-state index is 0.349. The van der Waals surface area contributed by atoms with E-state index in [0.29, 0.717) is 12.8 Å². The van der Waals surface area contributed by atoms with Crippen molar-refractivity contribution in [2.24, 2.45) is 0 Å². The molecule has 0 spiro atoms. The van der Waals surface area contributed by atoms with Crippen LogP contribution in [-0.4, -0.2) is 17.9 Å². The summed E-state index contributed by atoms with van der Waals surface area (Å²) in [5.41, 5.74) is -1.26. The van der Waals surface area contributed by atoms with Gasteiger partial charge in [0.05, 0.1) is 0 Å². The second kappa shape index (κ2) is 3.10. The van der Waals surface area contributed by atoms with Gasteiger partial charge in [-0.25, -0.2) is 8.78 Å². The molecule has 0 heterocycles. The highest BCUT2D eigenvalue weighted by molar-refractivity contribution is 5.94. The van der Waals surface area contributed by atoms with Crippen molar-refractivity contribution in [3.05, 3.63) is 0 Å². The zero-order chi connectivity index (χ0) is 9.19. The Morgan fingerprint density at radius 2 is 2.17 bits per heavy atom. The molecule has 1 aliphatic rings. The lowest BCUT2D eigenvalue weighted by molar-refractivity contribution is -0.117. The van der Waals surface area contributed by atoms with Crippen molar-refractivity contribution in [3.63, 3.8) is 0 Å². The van der Waals surface area contributed by atoms with Gasteiger partial charge in [-0.15, -0.1) is 0 Å². The zero-order valence-electron chi connectivity index (χ0n) is 6.66. The minimum Gasteiger partial charge on any atom is -0.334 e. The number of rotatable bonds is 2. The number of hydrogen-bond donors (Lipinski definition) is 1. The van der Waals surface area contributed by atoms with Gasteiger partial charge >= 0.3 is 0 Å². The molecule has 1 fully saturated rings. The Morgan fingerprint density at radius 3 is 2.50 bits per heavy atom. The number of alkyl halides is 2. The zero-order valence-corrected chi connectivity index (χ0v) is 6.66. The first-order chi connectivity index (χ1) is 5.60. The lowest BCUT2D eigenvalue weighted by atomic mass is 10.3. The number of carbonyl (C=O) groups excluding carboxylic acids is 1. The summed E-state index contributed by atoms with van der Waals surface area (Å²) in [6.07, 6.45) is -1.79. The van der Waals surface area contributed by atoms with Crippen LogP contribution >= 0.6 is 0 Å². The molecule has 0 atom stereocenters. The molecule has 1 aliphatic carbocycles. The van der Waals surface area contributed by atoms with E-state index in [1.54, 1.807) is 0 Å². The monoisotopic (exact) mass is 173 g/mol. The SMILES string of the molecule is CC#CC(=O)NC1(C(F)F)CC1. The van der Waals surface area contributed by atoms with E-state index in [4.69, 9.17) is 0 Å². The normalized spacial score (nSPS) is 18.0. The minimum atomic E-state index is -2.49. The fraction of sp³-hybridized carbons (Fsp3) is 0.625. The van der Waals surface area contributed by atoms with Crippen molar-refractivity contribution in [2.75, 3.05) is 0 Å². The van der Waals surface area contributed by atoms with Crippen molar-refractivity contribution >= 4 is 5.91 Å². The second-order valence-electron chi connectivity index (χ2n) is 2.79. The predicted octanol–water partition coefficient (Wildman–Crippen LogP) is 0.924. The summed E-state index contributed by atoms with van der Waals surface area (Å²) in [5.74, 6) is 3.90. The van der Waals surface area contributed by atoms with E-state index in [2.05, 4.69) is 17.2 Å². The quantitative estimate of drug-likeness (QED) is 0.618. The Kier molecular flexibility index (Phi) is 2.32. The van der Waals surface area contributed by atoms with E-state index in [9.17, 15) is 13.6 Å². The smallest absolute Gasteiger partial charge is 0.296 e. The molecule has 1 amide bonds. The van der Waals surface area contributed by atoms with E-state index in [1.165, 1.54) is 6.92 Å². The summed E-state index contributed by atoms with van der Waals surface area (Å²) in [7, 11) is 0. The Bertz CT molecular complexity index is 248. The second-order valence-corrected chi connectivity index (χ2v) is 2.79. The van der Waals surface area contributed by atoms with E-state index >= 15 is 0 Å². The molecular formula is C8H9F2NO. The van der Waals surface area contributed by atoms with Crippen LogP contribution in [0.25, 0.3) is 0 Å². The molecule has 2 nitrogen and oxygen atoms in total. The van der Waals surface area contributed by atoms with Crippen molar-refractivity contribution in [1.29, 1.82) is 0 Å². The first-order valence-corrected chi connectivity index (χ1v) is 3.64. The molecule has 0 unspecified atom stereocenters. The van der Waals surface area contributed by atoms with Gasteiger partial charge in [0, 0.05) is 0 Å². The largest absolute Gasteiger partial charge is 0.334 e. The fourth-order valence-electron chi connectivity index (χ4n) is 0.903. The summed E-state index contributed by atoms with van der Waals surface area (Å²) in [6, 6.07) is 0. The number of amides is 1. The molecule has 0 saturated heterocycles. The van der Waals surface area contributed by atoms with Gasteiger partial charge in [0.1, 0.15) is 5.54 Å². The van der Waals surface area contributed by atoms with Crippen molar-refractivity contribution in [1.82, 2.24) is 5.32 Å². The van der Waals surface area contributed by atoms with Gasteiger partial charge < -0.3 is 5.32 Å². The first kappa shape index (κ1) is 8.98. The molecule has 0 radical (unpaired) electrons. The predicted molar refractivity (Wildman–Crippen MR) is 39.6 cm³/mol. The van der Waals surface area contributed by atoms with Crippen LogP contribution in [-0.2, 0) is 4.79 Å². The van der Waals surface area contributed by atoms with Gasteiger partial charge in [-0.3, -0.25) is 4.79 Å². The van der Waals surface area contributed by atoms with Crippen LogP contribution in [0, 0.1) is 11.8 Å². The topological polar surface area (TPSA) is 29.1 Å².